The van der Waals surface area contributed by atoms with Crippen LogP contribution in [-0.4, -0.2) is 21.3 Å². The van der Waals surface area contributed by atoms with E-state index in [4.69, 9.17) is 9.47 Å². The van der Waals surface area contributed by atoms with Gasteiger partial charge in [0.25, 0.3) is 0 Å². The summed E-state index contributed by atoms with van der Waals surface area (Å²) >= 11 is 0. The highest BCUT2D eigenvalue weighted by atomic mass is 16.7. The number of hydrogen-bond acceptors (Lipinski definition) is 5. The second-order valence-electron chi connectivity index (χ2n) is 3.41. The number of fused-ring (bicyclic) bond motifs is 1. The molecule has 0 aliphatic carbocycles. The van der Waals surface area contributed by atoms with Crippen LogP contribution in [0.1, 0.15) is 0 Å². The van der Waals surface area contributed by atoms with E-state index in [0.29, 0.717) is 17.2 Å². The summed E-state index contributed by atoms with van der Waals surface area (Å²) in [6.45, 7) is 0.156. The van der Waals surface area contributed by atoms with E-state index in [1.165, 1.54) is 17.1 Å². The first-order valence-electron chi connectivity index (χ1n) is 4.83. The van der Waals surface area contributed by atoms with E-state index in [1.54, 1.807) is 18.2 Å². The van der Waals surface area contributed by atoms with Gasteiger partial charge in [0.05, 0.1) is 5.69 Å². The summed E-state index contributed by atoms with van der Waals surface area (Å²) in [5.41, 5.74) is 0.667. The Morgan fingerprint density at radius 2 is 2.29 bits per heavy atom. The molecule has 0 radical (unpaired) electrons. The monoisotopic (exact) mass is 233 g/mol. The molecule has 7 heteroatoms. The van der Waals surface area contributed by atoms with Crippen molar-refractivity contribution in [3.63, 3.8) is 0 Å². The highest BCUT2D eigenvalue weighted by Crippen LogP contribution is 2.37. The lowest BCUT2D eigenvalue weighted by atomic mass is 10.2. The van der Waals surface area contributed by atoms with E-state index in [0.717, 1.165) is 0 Å². The minimum absolute atomic E-state index is 0.156. The van der Waals surface area contributed by atoms with E-state index in [9.17, 15) is 10.1 Å². The topological polar surface area (TPSA) is 79.4 Å². The molecule has 0 bridgehead atoms. The van der Waals surface area contributed by atoms with Crippen molar-refractivity contribution in [2.24, 2.45) is 0 Å². The van der Waals surface area contributed by atoms with Gasteiger partial charge in [-0.1, -0.05) is 6.07 Å². The van der Waals surface area contributed by atoms with Gasteiger partial charge in [-0.15, -0.1) is 0 Å². The number of para-hydroxylation sites is 1. The van der Waals surface area contributed by atoms with Crippen molar-refractivity contribution in [2.75, 3.05) is 6.79 Å². The first-order valence-corrected chi connectivity index (χ1v) is 4.83. The maximum Gasteiger partial charge on any atom is 0.381 e. The molecule has 2 aromatic rings. The van der Waals surface area contributed by atoms with Crippen molar-refractivity contribution in [1.82, 2.24) is 9.55 Å². The molecule has 0 spiro atoms. The van der Waals surface area contributed by atoms with Gasteiger partial charge in [-0.05, 0) is 22.0 Å². The van der Waals surface area contributed by atoms with Gasteiger partial charge in [0, 0.05) is 0 Å². The molecular weight excluding hydrogens is 226 g/mol. The molecule has 1 aromatic heterocycles. The number of nitro groups is 1. The smallest absolute Gasteiger partial charge is 0.381 e. The SMILES string of the molecule is O=[N+]([O-])c1cn(-c2cccc3c2OCO3)cn1. The highest BCUT2D eigenvalue weighted by Gasteiger charge is 2.20. The molecule has 17 heavy (non-hydrogen) atoms. The van der Waals surface area contributed by atoms with Crippen molar-refractivity contribution in [3.8, 4) is 17.2 Å². The fourth-order valence-electron chi connectivity index (χ4n) is 1.66. The molecule has 1 aromatic carbocycles. The van der Waals surface area contributed by atoms with E-state index in [2.05, 4.69) is 4.98 Å². The fourth-order valence-corrected chi connectivity index (χ4v) is 1.66. The molecule has 0 saturated heterocycles. The summed E-state index contributed by atoms with van der Waals surface area (Å²) in [5, 5.41) is 10.6. The van der Waals surface area contributed by atoms with Gasteiger partial charge in [0.2, 0.25) is 13.1 Å². The zero-order valence-corrected chi connectivity index (χ0v) is 8.57. The average Bonchev–Trinajstić information content (AvgIpc) is 2.97. The number of hydrogen-bond donors (Lipinski definition) is 0. The first kappa shape index (κ1) is 9.64. The van der Waals surface area contributed by atoms with Crippen LogP contribution >= 0.6 is 0 Å². The Hall–Kier alpha value is -2.57. The van der Waals surface area contributed by atoms with Crippen molar-refractivity contribution < 1.29 is 14.4 Å². The van der Waals surface area contributed by atoms with Gasteiger partial charge in [-0.25, -0.2) is 0 Å². The molecule has 1 aliphatic rings. The fraction of sp³-hybridized carbons (Fsp3) is 0.100. The van der Waals surface area contributed by atoms with Crippen molar-refractivity contribution in [2.45, 2.75) is 0 Å². The zero-order valence-electron chi connectivity index (χ0n) is 8.57. The predicted octanol–water partition coefficient (Wildman–Crippen LogP) is 1.51. The quantitative estimate of drug-likeness (QED) is 0.580. The standard InChI is InChI=1S/C10H7N3O4/c14-13(15)9-4-12(5-11-9)7-2-1-3-8-10(7)17-6-16-8/h1-5H,6H2. The third kappa shape index (κ3) is 1.48. The van der Waals surface area contributed by atoms with Crippen LogP contribution in [0, 0.1) is 10.1 Å². The molecule has 1 aliphatic heterocycles. The van der Waals surface area contributed by atoms with Crippen LogP contribution in [0.25, 0.3) is 5.69 Å². The molecule has 86 valence electrons. The summed E-state index contributed by atoms with van der Waals surface area (Å²) in [7, 11) is 0. The molecule has 0 atom stereocenters. The number of nitrogens with zero attached hydrogens (tertiary/aromatic N) is 3. The van der Waals surface area contributed by atoms with Crippen molar-refractivity contribution >= 4 is 5.82 Å². The lowest BCUT2D eigenvalue weighted by Gasteiger charge is -2.03. The van der Waals surface area contributed by atoms with Crippen LogP contribution in [0.5, 0.6) is 11.5 Å². The molecule has 0 N–H and O–H groups in total. The second kappa shape index (κ2) is 3.48. The number of benzene rings is 1. The molecule has 0 unspecified atom stereocenters. The van der Waals surface area contributed by atoms with Crippen LogP contribution in [-0.2, 0) is 0 Å². The van der Waals surface area contributed by atoms with Crippen LogP contribution < -0.4 is 9.47 Å². The summed E-state index contributed by atoms with van der Waals surface area (Å²) < 4.78 is 12.1. The van der Waals surface area contributed by atoms with E-state index in [1.807, 2.05) is 0 Å². The van der Waals surface area contributed by atoms with Gasteiger partial charge in [-0.3, -0.25) is 4.57 Å². The number of ether oxygens (including phenoxy) is 2. The minimum atomic E-state index is -0.545. The number of imidazole rings is 1. The molecule has 0 fully saturated rings. The van der Waals surface area contributed by atoms with E-state index in [-0.39, 0.29) is 12.6 Å². The minimum Gasteiger partial charge on any atom is -0.454 e. The van der Waals surface area contributed by atoms with Crippen molar-refractivity contribution in [3.05, 3.63) is 40.8 Å². The van der Waals surface area contributed by atoms with Gasteiger partial charge >= 0.3 is 5.82 Å². The molecular formula is C10H7N3O4. The van der Waals surface area contributed by atoms with Gasteiger partial charge in [0.15, 0.2) is 11.5 Å². The Kier molecular flexibility index (Phi) is 1.97. The third-order valence-electron chi connectivity index (χ3n) is 2.41. The molecule has 7 nitrogen and oxygen atoms in total. The first-order chi connectivity index (χ1) is 8.25. The Balaban J connectivity index is 2.09. The maximum absolute atomic E-state index is 10.6. The van der Waals surface area contributed by atoms with Crippen LogP contribution in [0.15, 0.2) is 30.7 Å². The summed E-state index contributed by atoms with van der Waals surface area (Å²) in [4.78, 5) is 13.7. The predicted molar refractivity (Wildman–Crippen MR) is 56.3 cm³/mol. The van der Waals surface area contributed by atoms with Crippen LogP contribution in [0.4, 0.5) is 5.82 Å². The lowest BCUT2D eigenvalue weighted by Crippen LogP contribution is -1.96. The van der Waals surface area contributed by atoms with Crippen LogP contribution in [0.2, 0.25) is 0 Å². The Morgan fingerprint density at radius 3 is 3.06 bits per heavy atom. The molecule has 0 saturated carbocycles. The normalized spacial score (nSPS) is 12.7. The number of rotatable bonds is 2. The summed E-state index contributed by atoms with van der Waals surface area (Å²) in [6, 6.07) is 5.34. The second-order valence-corrected chi connectivity index (χ2v) is 3.41. The van der Waals surface area contributed by atoms with E-state index >= 15 is 0 Å². The lowest BCUT2D eigenvalue weighted by molar-refractivity contribution is -0.389. The average molecular weight is 233 g/mol. The largest absolute Gasteiger partial charge is 0.454 e. The van der Waals surface area contributed by atoms with E-state index < -0.39 is 4.92 Å². The van der Waals surface area contributed by atoms with Crippen molar-refractivity contribution in [1.29, 1.82) is 0 Å². The molecule has 0 amide bonds. The highest BCUT2D eigenvalue weighted by molar-refractivity contribution is 5.57. The summed E-state index contributed by atoms with van der Waals surface area (Å²) in [6.07, 6.45) is 2.70. The van der Waals surface area contributed by atoms with Crippen LogP contribution in [0.3, 0.4) is 0 Å². The van der Waals surface area contributed by atoms with Gasteiger partial charge < -0.3 is 19.6 Å². The zero-order chi connectivity index (χ0) is 11.8. The van der Waals surface area contributed by atoms with Gasteiger partial charge in [0.1, 0.15) is 6.20 Å². The molecule has 3 rings (SSSR count). The number of aromatic nitrogens is 2. The third-order valence-corrected chi connectivity index (χ3v) is 2.41. The Morgan fingerprint density at radius 1 is 1.41 bits per heavy atom. The Labute approximate surface area is 95.4 Å². The summed E-state index contributed by atoms with van der Waals surface area (Å²) in [5.74, 6) is 0.986. The maximum atomic E-state index is 10.6. The van der Waals surface area contributed by atoms with Gasteiger partial charge in [-0.2, -0.15) is 0 Å². The molecule has 2 heterocycles. The Bertz CT molecular complexity index is 593.